The van der Waals surface area contributed by atoms with Gasteiger partial charge >= 0.3 is 0 Å². The molecule has 154 valence electrons. The van der Waals surface area contributed by atoms with E-state index in [9.17, 15) is 0 Å². The van der Waals surface area contributed by atoms with E-state index < -0.39 is 0 Å². The second-order valence-corrected chi connectivity index (χ2v) is 8.44. The average Bonchev–Trinajstić information content (AvgIpc) is 3.06. The van der Waals surface area contributed by atoms with Crippen molar-refractivity contribution < 1.29 is 4.74 Å². The Morgan fingerprint density at radius 2 is 1.83 bits per heavy atom. The predicted octanol–water partition coefficient (Wildman–Crippen LogP) is 6.64. The number of nitriles is 1. The minimum atomic E-state index is 0.429. The number of hydrogen-bond donors (Lipinski definition) is 0. The molecule has 1 aliphatic rings. The number of benzene rings is 2. The Hall–Kier alpha value is -2.77. The van der Waals surface area contributed by atoms with Crippen LogP contribution in [0.15, 0.2) is 42.5 Å². The smallest absolute Gasteiger partial charge is 0.119 e. The molecule has 3 aromatic rings. The van der Waals surface area contributed by atoms with Crippen LogP contribution in [0.25, 0.3) is 5.69 Å². The third kappa shape index (κ3) is 4.22. The lowest BCUT2D eigenvalue weighted by Crippen LogP contribution is -2.04. The standard InChI is InChI=1S/C25H26ClN3O/c1-17-24(18(2)29(28-17)22-11-8-21(15-27)25(26)14-22)16-30-23-12-9-20(10-13-23)19-6-4-3-5-7-19/h8-14,19H,3-7,16H2,1-2H3. The molecular formula is C25H26ClN3O. The summed E-state index contributed by atoms with van der Waals surface area (Å²) >= 11 is 6.20. The Kier molecular flexibility index (Phi) is 6.11. The molecule has 0 radical (unpaired) electrons. The van der Waals surface area contributed by atoms with Gasteiger partial charge in [0.1, 0.15) is 18.4 Å². The molecule has 1 fully saturated rings. The van der Waals surface area contributed by atoms with Crippen LogP contribution in [0.5, 0.6) is 5.75 Å². The monoisotopic (exact) mass is 419 g/mol. The van der Waals surface area contributed by atoms with Gasteiger partial charge in [-0.25, -0.2) is 4.68 Å². The third-order valence-corrected chi connectivity index (χ3v) is 6.41. The largest absolute Gasteiger partial charge is 0.489 e. The van der Waals surface area contributed by atoms with Crippen molar-refractivity contribution in [1.82, 2.24) is 9.78 Å². The van der Waals surface area contributed by atoms with Gasteiger partial charge in [0.05, 0.1) is 22.0 Å². The molecule has 0 atom stereocenters. The fraction of sp³-hybridized carbons (Fsp3) is 0.360. The van der Waals surface area contributed by atoms with Gasteiger partial charge in [-0.2, -0.15) is 10.4 Å². The van der Waals surface area contributed by atoms with E-state index in [0.29, 0.717) is 23.1 Å². The van der Waals surface area contributed by atoms with Crippen LogP contribution < -0.4 is 4.74 Å². The van der Waals surface area contributed by atoms with E-state index in [-0.39, 0.29) is 0 Å². The maximum atomic E-state index is 9.08. The zero-order chi connectivity index (χ0) is 21.1. The highest BCUT2D eigenvalue weighted by Gasteiger charge is 2.16. The van der Waals surface area contributed by atoms with Crippen LogP contribution in [0.1, 0.15) is 66.1 Å². The lowest BCUT2D eigenvalue weighted by atomic mass is 9.84. The zero-order valence-corrected chi connectivity index (χ0v) is 18.2. The Morgan fingerprint density at radius 1 is 1.10 bits per heavy atom. The van der Waals surface area contributed by atoms with Gasteiger partial charge in [-0.15, -0.1) is 0 Å². The van der Waals surface area contributed by atoms with E-state index in [4.69, 9.17) is 21.6 Å². The second kappa shape index (κ2) is 8.93. The number of hydrogen-bond acceptors (Lipinski definition) is 3. The molecule has 1 aromatic heterocycles. The topological polar surface area (TPSA) is 50.8 Å². The van der Waals surface area contributed by atoms with E-state index in [1.807, 2.05) is 24.6 Å². The van der Waals surface area contributed by atoms with Gasteiger partial charge < -0.3 is 4.74 Å². The summed E-state index contributed by atoms with van der Waals surface area (Å²) in [6, 6.07) is 16.0. The number of rotatable bonds is 5. The maximum Gasteiger partial charge on any atom is 0.119 e. The molecule has 1 heterocycles. The average molecular weight is 420 g/mol. The molecule has 1 saturated carbocycles. The van der Waals surface area contributed by atoms with E-state index in [1.54, 1.807) is 12.1 Å². The minimum Gasteiger partial charge on any atom is -0.489 e. The first-order valence-electron chi connectivity index (χ1n) is 10.5. The molecule has 4 nitrogen and oxygen atoms in total. The summed E-state index contributed by atoms with van der Waals surface area (Å²) in [5.41, 5.74) is 5.72. The Labute approximate surface area is 183 Å². The van der Waals surface area contributed by atoms with Crippen LogP contribution in [0.2, 0.25) is 5.02 Å². The molecule has 30 heavy (non-hydrogen) atoms. The van der Waals surface area contributed by atoms with E-state index >= 15 is 0 Å². The molecule has 0 aliphatic heterocycles. The summed E-state index contributed by atoms with van der Waals surface area (Å²) in [6.07, 6.45) is 6.67. The Bertz CT molecular complexity index is 1070. The summed E-state index contributed by atoms with van der Waals surface area (Å²) < 4.78 is 7.94. The van der Waals surface area contributed by atoms with Crippen LogP contribution in [0.3, 0.4) is 0 Å². The van der Waals surface area contributed by atoms with E-state index in [2.05, 4.69) is 35.4 Å². The number of aryl methyl sites for hydroxylation is 1. The fourth-order valence-electron chi connectivity index (χ4n) is 4.29. The molecule has 0 saturated heterocycles. The molecule has 0 spiro atoms. The molecule has 0 amide bonds. The Balaban J connectivity index is 1.48. The van der Waals surface area contributed by atoms with Crippen molar-refractivity contribution in [2.75, 3.05) is 0 Å². The summed E-state index contributed by atoms with van der Waals surface area (Å²) in [4.78, 5) is 0. The highest BCUT2D eigenvalue weighted by Crippen LogP contribution is 2.33. The van der Waals surface area contributed by atoms with Gasteiger partial charge in [0.25, 0.3) is 0 Å². The van der Waals surface area contributed by atoms with Crippen molar-refractivity contribution in [2.45, 2.75) is 58.5 Å². The van der Waals surface area contributed by atoms with Gasteiger partial charge in [-0.3, -0.25) is 0 Å². The summed E-state index contributed by atoms with van der Waals surface area (Å²) in [7, 11) is 0. The van der Waals surface area contributed by atoms with Crippen LogP contribution >= 0.6 is 11.6 Å². The SMILES string of the molecule is Cc1nn(-c2ccc(C#N)c(Cl)c2)c(C)c1COc1ccc(C2CCCCC2)cc1. The summed E-state index contributed by atoms with van der Waals surface area (Å²) in [5, 5.41) is 14.2. The van der Waals surface area contributed by atoms with E-state index in [0.717, 1.165) is 28.4 Å². The lowest BCUT2D eigenvalue weighted by Gasteiger charge is -2.22. The van der Waals surface area contributed by atoms with Crippen LogP contribution in [0, 0.1) is 25.2 Å². The number of ether oxygens (including phenoxy) is 1. The highest BCUT2D eigenvalue weighted by atomic mass is 35.5. The molecule has 1 aliphatic carbocycles. The van der Waals surface area contributed by atoms with Crippen molar-refractivity contribution >= 4 is 11.6 Å². The van der Waals surface area contributed by atoms with Crippen molar-refractivity contribution in [3.8, 4) is 17.5 Å². The van der Waals surface area contributed by atoms with Crippen LogP contribution in [-0.2, 0) is 6.61 Å². The summed E-state index contributed by atoms with van der Waals surface area (Å²) in [5.74, 6) is 1.58. The van der Waals surface area contributed by atoms with Crippen molar-refractivity contribution in [2.24, 2.45) is 0 Å². The molecule has 2 aromatic carbocycles. The molecule has 0 N–H and O–H groups in total. The van der Waals surface area contributed by atoms with Gasteiger partial charge in [0.15, 0.2) is 0 Å². The van der Waals surface area contributed by atoms with Crippen LogP contribution in [-0.4, -0.2) is 9.78 Å². The molecule has 4 rings (SSSR count). The number of nitrogens with zero attached hydrogens (tertiary/aromatic N) is 3. The van der Waals surface area contributed by atoms with Gasteiger partial charge in [-0.1, -0.05) is 43.0 Å². The van der Waals surface area contributed by atoms with Crippen molar-refractivity contribution in [3.63, 3.8) is 0 Å². The lowest BCUT2D eigenvalue weighted by molar-refractivity contribution is 0.304. The first-order chi connectivity index (χ1) is 14.6. The van der Waals surface area contributed by atoms with Gasteiger partial charge in [-0.05, 0) is 68.5 Å². The van der Waals surface area contributed by atoms with Gasteiger partial charge in [0, 0.05) is 11.3 Å². The Morgan fingerprint density at radius 3 is 2.50 bits per heavy atom. The highest BCUT2D eigenvalue weighted by molar-refractivity contribution is 6.31. The predicted molar refractivity (Wildman–Crippen MR) is 119 cm³/mol. The molecular weight excluding hydrogens is 394 g/mol. The van der Waals surface area contributed by atoms with Crippen molar-refractivity contribution in [3.05, 3.63) is 75.6 Å². The minimum absolute atomic E-state index is 0.429. The number of halogens is 1. The van der Waals surface area contributed by atoms with E-state index in [1.165, 1.54) is 37.7 Å². The zero-order valence-electron chi connectivity index (χ0n) is 17.5. The molecule has 0 unspecified atom stereocenters. The molecule has 5 heteroatoms. The normalized spacial score (nSPS) is 14.5. The fourth-order valence-corrected chi connectivity index (χ4v) is 4.51. The first kappa shape index (κ1) is 20.5. The molecule has 0 bridgehead atoms. The maximum absolute atomic E-state index is 9.08. The second-order valence-electron chi connectivity index (χ2n) is 8.03. The quantitative estimate of drug-likeness (QED) is 0.465. The summed E-state index contributed by atoms with van der Waals surface area (Å²) in [6.45, 7) is 4.47. The van der Waals surface area contributed by atoms with Crippen molar-refractivity contribution in [1.29, 1.82) is 5.26 Å². The van der Waals surface area contributed by atoms with Gasteiger partial charge in [0.2, 0.25) is 0 Å². The number of aromatic nitrogens is 2. The van der Waals surface area contributed by atoms with Crippen LogP contribution in [0.4, 0.5) is 0 Å². The third-order valence-electron chi connectivity index (χ3n) is 6.10. The first-order valence-corrected chi connectivity index (χ1v) is 10.9.